The number of ether oxygens (including phenoxy) is 1. The van der Waals surface area contributed by atoms with Crippen LogP contribution in [0.15, 0.2) is 84.5 Å². The van der Waals surface area contributed by atoms with Crippen molar-refractivity contribution in [1.29, 1.82) is 5.41 Å². The van der Waals surface area contributed by atoms with Gasteiger partial charge in [-0.15, -0.1) is 24.8 Å². The largest absolute Gasteiger partial charge is 0.490 e. The fraction of sp³-hybridized carbons (Fsp3) is 0.233. The summed E-state index contributed by atoms with van der Waals surface area (Å²) in [6.45, 7) is 2.31. The van der Waals surface area contributed by atoms with Crippen molar-refractivity contribution in [3.8, 4) is 5.75 Å². The molecule has 1 aliphatic carbocycles. The SMILES string of the molecule is Cl.Cl.N=C(N)c1ccc2ccc(CN(C(=O)C3=CC=CCC3=S)c3ccc(OC4CCNCC4)cc3)cc2c1. The number of anilines is 1. The van der Waals surface area contributed by atoms with Crippen LogP contribution in [0.2, 0.25) is 0 Å². The van der Waals surface area contributed by atoms with Crippen LogP contribution in [-0.2, 0) is 11.3 Å². The topological polar surface area (TPSA) is 91.4 Å². The van der Waals surface area contributed by atoms with E-state index in [2.05, 4.69) is 5.32 Å². The monoisotopic (exact) mass is 582 g/mol. The van der Waals surface area contributed by atoms with Crippen LogP contribution >= 0.6 is 37.0 Å². The Morgan fingerprint density at radius 1 is 1.03 bits per heavy atom. The summed E-state index contributed by atoms with van der Waals surface area (Å²) in [4.78, 5) is 16.2. The molecule has 9 heteroatoms. The van der Waals surface area contributed by atoms with E-state index in [0.717, 1.165) is 53.7 Å². The van der Waals surface area contributed by atoms with E-state index in [9.17, 15) is 4.79 Å². The number of carbonyl (C=O) groups excluding carboxylic acids is 1. The summed E-state index contributed by atoms with van der Waals surface area (Å²) < 4.78 is 6.17. The second-order valence-corrected chi connectivity index (χ2v) is 9.89. The number of carbonyl (C=O) groups is 1. The predicted molar refractivity (Wildman–Crippen MR) is 168 cm³/mol. The average Bonchev–Trinajstić information content (AvgIpc) is 2.92. The molecule has 5 rings (SSSR count). The Labute approximate surface area is 246 Å². The van der Waals surface area contributed by atoms with Crippen LogP contribution in [0.25, 0.3) is 10.8 Å². The maximum absolute atomic E-state index is 13.8. The first-order valence-electron chi connectivity index (χ1n) is 12.5. The van der Waals surface area contributed by atoms with Crippen molar-refractivity contribution in [3.05, 3.63) is 95.6 Å². The smallest absolute Gasteiger partial charge is 0.259 e. The molecule has 1 saturated heterocycles. The van der Waals surface area contributed by atoms with Gasteiger partial charge in [0.25, 0.3) is 5.91 Å². The molecule has 4 N–H and O–H groups in total. The maximum atomic E-state index is 13.8. The van der Waals surface area contributed by atoms with Crippen molar-refractivity contribution in [1.82, 2.24) is 5.32 Å². The van der Waals surface area contributed by atoms with E-state index in [-0.39, 0.29) is 42.7 Å². The normalized spacial score (nSPS) is 15.1. The number of nitrogen functional groups attached to an aromatic ring is 1. The first-order valence-corrected chi connectivity index (χ1v) is 13.0. The van der Waals surface area contributed by atoms with E-state index in [4.69, 9.17) is 28.1 Å². The Morgan fingerprint density at radius 2 is 1.74 bits per heavy atom. The molecule has 0 atom stereocenters. The van der Waals surface area contributed by atoms with Gasteiger partial charge in [0.1, 0.15) is 17.7 Å². The third kappa shape index (κ3) is 7.25. The number of hydrogen-bond acceptors (Lipinski definition) is 5. The summed E-state index contributed by atoms with van der Waals surface area (Å²) in [5.74, 6) is 0.710. The van der Waals surface area contributed by atoms with Gasteiger partial charge in [-0.3, -0.25) is 10.2 Å². The summed E-state index contributed by atoms with van der Waals surface area (Å²) >= 11 is 5.53. The number of nitrogens with one attached hydrogen (secondary N) is 2. The fourth-order valence-electron chi connectivity index (χ4n) is 4.71. The van der Waals surface area contributed by atoms with E-state index < -0.39 is 0 Å². The van der Waals surface area contributed by atoms with E-state index in [1.54, 1.807) is 11.0 Å². The Balaban J connectivity index is 0.00000210. The number of thiocarbonyl (C=S) groups is 1. The molecule has 204 valence electrons. The number of benzene rings is 3. The lowest BCUT2D eigenvalue weighted by atomic mass is 10.0. The molecular formula is C30H32Cl2N4O2S. The number of fused-ring (bicyclic) bond motifs is 1. The number of amidine groups is 1. The van der Waals surface area contributed by atoms with Gasteiger partial charge >= 0.3 is 0 Å². The molecule has 1 heterocycles. The maximum Gasteiger partial charge on any atom is 0.259 e. The summed E-state index contributed by atoms with van der Waals surface area (Å²) in [5.41, 5.74) is 8.66. The van der Waals surface area contributed by atoms with E-state index in [0.29, 0.717) is 29.0 Å². The summed E-state index contributed by atoms with van der Waals surface area (Å²) in [6.07, 6.45) is 8.42. The van der Waals surface area contributed by atoms with Crippen LogP contribution in [0.5, 0.6) is 5.75 Å². The predicted octanol–water partition coefficient (Wildman–Crippen LogP) is 5.89. The highest BCUT2D eigenvalue weighted by Gasteiger charge is 2.24. The number of halogens is 2. The summed E-state index contributed by atoms with van der Waals surface area (Å²) in [7, 11) is 0. The molecule has 0 radical (unpaired) electrons. The van der Waals surface area contributed by atoms with Crippen LogP contribution in [0.3, 0.4) is 0 Å². The van der Waals surface area contributed by atoms with Gasteiger partial charge in [-0.2, -0.15) is 0 Å². The molecule has 0 spiro atoms. The number of nitrogens with zero attached hydrogens (tertiary/aromatic N) is 1. The first-order chi connectivity index (χ1) is 18.0. The third-order valence-corrected chi connectivity index (χ3v) is 7.16. The lowest BCUT2D eigenvalue weighted by Gasteiger charge is -2.26. The molecule has 0 unspecified atom stereocenters. The molecule has 39 heavy (non-hydrogen) atoms. The molecule has 3 aromatic rings. The minimum absolute atomic E-state index is 0. The van der Waals surface area contributed by atoms with E-state index >= 15 is 0 Å². The number of piperidine rings is 1. The summed E-state index contributed by atoms with van der Waals surface area (Å²) in [6, 6.07) is 19.5. The highest BCUT2D eigenvalue weighted by Crippen LogP contribution is 2.27. The van der Waals surface area contributed by atoms with Crippen LogP contribution in [-0.4, -0.2) is 35.8 Å². The number of rotatable bonds is 7. The van der Waals surface area contributed by atoms with Crippen molar-refractivity contribution >= 4 is 70.1 Å². The molecular weight excluding hydrogens is 551 g/mol. The number of nitrogens with two attached hydrogens (primary N) is 1. The van der Waals surface area contributed by atoms with Crippen molar-refractivity contribution in [2.45, 2.75) is 31.9 Å². The Bertz CT molecular complexity index is 1420. The highest BCUT2D eigenvalue weighted by atomic mass is 35.5. The lowest BCUT2D eigenvalue weighted by Crippen LogP contribution is -2.34. The van der Waals surface area contributed by atoms with Crippen LogP contribution in [0.4, 0.5) is 5.69 Å². The minimum atomic E-state index is -0.126. The zero-order valence-corrected chi connectivity index (χ0v) is 23.8. The zero-order chi connectivity index (χ0) is 25.8. The summed E-state index contributed by atoms with van der Waals surface area (Å²) in [5, 5.41) is 13.1. The molecule has 0 aromatic heterocycles. The van der Waals surface area contributed by atoms with Crippen LogP contribution in [0.1, 0.15) is 30.4 Å². The molecule has 0 saturated carbocycles. The van der Waals surface area contributed by atoms with Gasteiger partial charge in [-0.05, 0) is 84.7 Å². The van der Waals surface area contributed by atoms with E-state index in [1.165, 1.54) is 0 Å². The Hall–Kier alpha value is -3.23. The van der Waals surface area contributed by atoms with Gasteiger partial charge in [0.05, 0.1) is 12.1 Å². The molecule has 1 fully saturated rings. The van der Waals surface area contributed by atoms with Crippen molar-refractivity contribution in [2.24, 2.45) is 5.73 Å². The van der Waals surface area contributed by atoms with Gasteiger partial charge in [0, 0.05) is 22.5 Å². The molecule has 3 aromatic carbocycles. The third-order valence-electron chi connectivity index (χ3n) is 6.77. The van der Waals surface area contributed by atoms with Crippen molar-refractivity contribution in [3.63, 3.8) is 0 Å². The zero-order valence-electron chi connectivity index (χ0n) is 21.4. The lowest BCUT2D eigenvalue weighted by molar-refractivity contribution is -0.114. The van der Waals surface area contributed by atoms with Gasteiger partial charge in [-0.25, -0.2) is 0 Å². The van der Waals surface area contributed by atoms with Crippen LogP contribution in [0, 0.1) is 5.41 Å². The van der Waals surface area contributed by atoms with Gasteiger partial charge in [-0.1, -0.05) is 48.6 Å². The van der Waals surface area contributed by atoms with Gasteiger partial charge < -0.3 is 20.7 Å². The van der Waals surface area contributed by atoms with Crippen molar-refractivity contribution < 1.29 is 9.53 Å². The molecule has 1 amide bonds. The molecule has 6 nitrogen and oxygen atoms in total. The second-order valence-electron chi connectivity index (χ2n) is 9.40. The van der Waals surface area contributed by atoms with Crippen molar-refractivity contribution in [2.75, 3.05) is 18.0 Å². The Kier molecular flexibility index (Phi) is 10.7. The Morgan fingerprint density at radius 3 is 2.44 bits per heavy atom. The standard InChI is InChI=1S/C30H30N4O2S.2ClH/c31-29(32)22-8-7-21-6-5-20(17-23(21)18-22)19-34(30(35)27-3-1-2-4-28(27)37)24-9-11-25(12-10-24)36-26-13-15-33-16-14-26;;/h1-3,5-12,17-18,26,33H,4,13-16,19H2,(H3,31,32);2*1H. The second kappa shape index (κ2) is 13.7. The molecule has 2 aliphatic rings. The first kappa shape index (κ1) is 30.3. The molecule has 1 aliphatic heterocycles. The quantitative estimate of drug-likeness (QED) is 0.183. The number of amides is 1. The highest BCUT2D eigenvalue weighted by molar-refractivity contribution is 7.81. The average molecular weight is 584 g/mol. The van der Waals surface area contributed by atoms with Gasteiger partial charge in [0.2, 0.25) is 0 Å². The van der Waals surface area contributed by atoms with Gasteiger partial charge in [0.15, 0.2) is 0 Å². The van der Waals surface area contributed by atoms with Crippen LogP contribution < -0.4 is 20.7 Å². The molecule has 0 bridgehead atoms. The minimum Gasteiger partial charge on any atom is -0.490 e. The fourth-order valence-corrected chi connectivity index (χ4v) is 4.97. The number of allylic oxidation sites excluding steroid dienone is 3. The number of hydrogen-bond donors (Lipinski definition) is 3. The van der Waals surface area contributed by atoms with E-state index in [1.807, 2.05) is 72.8 Å².